The number of nitrogens with two attached hydrogens (primary N) is 1. The van der Waals surface area contributed by atoms with Crippen LogP contribution in [0.3, 0.4) is 0 Å². The van der Waals surface area contributed by atoms with E-state index >= 15 is 0 Å². The number of anilines is 1. The summed E-state index contributed by atoms with van der Waals surface area (Å²) in [6, 6.07) is 7.95. The number of nitrogens with zero attached hydrogens (tertiary/aromatic N) is 2. The highest BCUT2D eigenvalue weighted by Crippen LogP contribution is 2.35. The normalized spacial score (nSPS) is 22.8. The number of carbonyl (C=O) groups is 4. The lowest BCUT2D eigenvalue weighted by atomic mass is 10.1. The van der Waals surface area contributed by atoms with Gasteiger partial charge in [-0.25, -0.2) is 18.4 Å². The number of sulfonamides is 1. The molecule has 44 heavy (non-hydrogen) atoms. The highest BCUT2D eigenvalue weighted by molar-refractivity contribution is 7.89. The summed E-state index contributed by atoms with van der Waals surface area (Å²) < 4.78 is 33.9. The molecule has 2 aliphatic heterocycles. The van der Waals surface area contributed by atoms with E-state index in [1.165, 1.54) is 11.0 Å². The summed E-state index contributed by atoms with van der Waals surface area (Å²) in [5.74, 6) is -0.636. The molecule has 0 saturated carbocycles. The van der Waals surface area contributed by atoms with Gasteiger partial charge in [0.2, 0.25) is 10.0 Å². The molecule has 1 saturated heterocycles. The van der Waals surface area contributed by atoms with E-state index in [0.29, 0.717) is 17.0 Å². The number of nitrogens with one attached hydrogen (secondary N) is 2. The number of hydrogen-bond acceptors (Lipinski definition) is 9. The minimum Gasteiger partial charge on any atom is -0.484 e. The van der Waals surface area contributed by atoms with Crippen molar-refractivity contribution in [2.24, 2.45) is 5.14 Å². The van der Waals surface area contributed by atoms with E-state index in [4.69, 9.17) is 26.2 Å². The van der Waals surface area contributed by atoms with Gasteiger partial charge in [-0.05, 0) is 50.6 Å². The number of amides is 4. The highest BCUT2D eigenvalue weighted by Gasteiger charge is 2.59. The first-order chi connectivity index (χ1) is 20.7. The molecule has 0 bridgehead atoms. The number of carbonyl (C=O) groups excluding carboxylic acids is 3. The minimum absolute atomic E-state index is 0.0273. The number of halogens is 1. The van der Waals surface area contributed by atoms with Gasteiger partial charge in [0, 0.05) is 19.5 Å². The zero-order chi connectivity index (χ0) is 32.4. The van der Waals surface area contributed by atoms with Crippen molar-refractivity contribution < 1.29 is 46.7 Å². The van der Waals surface area contributed by atoms with Crippen molar-refractivity contribution in [3.05, 3.63) is 52.5 Å². The molecule has 0 aromatic heterocycles. The molecule has 0 radical (unpaired) electrons. The molecule has 4 rings (SSSR count). The molecule has 2 heterocycles. The number of carboxylic acid groups (broad SMARTS) is 1. The van der Waals surface area contributed by atoms with E-state index in [1.807, 2.05) is 0 Å². The number of esters is 1. The number of imide groups is 1. The summed E-state index contributed by atoms with van der Waals surface area (Å²) in [7, 11) is -4.15. The minimum atomic E-state index is -4.15. The average Bonchev–Trinajstić information content (AvgIpc) is 3.28. The highest BCUT2D eigenvalue weighted by atomic mass is 35.5. The second-order valence-electron chi connectivity index (χ2n) is 10.6. The molecule has 0 aliphatic carbocycles. The van der Waals surface area contributed by atoms with Crippen LogP contribution in [0.1, 0.15) is 55.7 Å². The lowest BCUT2D eigenvalue weighted by Crippen LogP contribution is -2.63. The fourth-order valence-corrected chi connectivity index (χ4v) is 6.64. The summed E-state index contributed by atoms with van der Waals surface area (Å²) in [4.78, 5) is 51.9. The Labute approximate surface area is 259 Å². The van der Waals surface area contributed by atoms with Gasteiger partial charge < -0.3 is 25.2 Å². The second kappa shape index (κ2) is 13.0. The molecular weight excluding hydrogens is 618 g/mol. The van der Waals surface area contributed by atoms with Gasteiger partial charge in [0.15, 0.2) is 6.10 Å². The molecule has 4 amide bonds. The maximum absolute atomic E-state index is 13.6. The molecule has 2 aromatic rings. The molecule has 2 aliphatic rings. The van der Waals surface area contributed by atoms with Crippen LogP contribution < -0.4 is 20.5 Å². The summed E-state index contributed by atoms with van der Waals surface area (Å²) in [5.41, 5.74) is 0.945. The zero-order valence-corrected chi connectivity index (χ0v) is 26.0. The predicted octanol–water partition coefficient (Wildman–Crippen LogP) is 3.27. The SMILES string of the molecule is CCOC(=O)CCN(CC)C(=O)[N@@+]1(C(=O)O)C[C@H](Oc2cccc(C3NC(=O)c4cc(S(N)(=O)=O)c(Cl)cc4N3)c2)C[C@H]1C. The van der Waals surface area contributed by atoms with Gasteiger partial charge >= 0.3 is 18.1 Å². The van der Waals surface area contributed by atoms with Crippen LogP contribution in [0.5, 0.6) is 5.75 Å². The van der Waals surface area contributed by atoms with Crippen LogP contribution in [0.4, 0.5) is 15.3 Å². The standard InChI is InChI=1S/C28H34ClN5O9S/c1-4-33(10-9-24(35)42-5-2)27(37)34(28(38)39)15-19(11-16(34)3)43-18-8-6-7-17(12-18)25-31-22-14-21(29)23(44(30,40)41)13-20(22)26(36)32-25/h6-8,12-14,16,19,25H,4-5,9-11,15H2,1-3H3,(H4-,30,31,32,36,38,39,40,41)/p+1/t16-,19-,25?,34-/m1/s1. The number of urea groups is 1. The van der Waals surface area contributed by atoms with Crippen molar-refractivity contribution in [3.63, 3.8) is 0 Å². The summed E-state index contributed by atoms with van der Waals surface area (Å²) in [6.07, 6.45) is -2.45. The second-order valence-corrected chi connectivity index (χ2v) is 12.5. The van der Waals surface area contributed by atoms with E-state index < -0.39 is 56.8 Å². The smallest absolute Gasteiger partial charge is 0.484 e. The molecule has 2 aromatic carbocycles. The van der Waals surface area contributed by atoms with Crippen LogP contribution in [-0.2, 0) is 19.6 Å². The lowest BCUT2D eigenvalue weighted by Gasteiger charge is -2.33. The van der Waals surface area contributed by atoms with Gasteiger partial charge in [-0.1, -0.05) is 23.7 Å². The van der Waals surface area contributed by atoms with Crippen LogP contribution in [0.25, 0.3) is 0 Å². The van der Waals surface area contributed by atoms with Gasteiger partial charge in [0.1, 0.15) is 29.4 Å². The lowest BCUT2D eigenvalue weighted by molar-refractivity contribution is -0.792. The Morgan fingerprint density at radius 2 is 1.91 bits per heavy atom. The first-order valence-corrected chi connectivity index (χ1v) is 15.9. The Morgan fingerprint density at radius 3 is 2.55 bits per heavy atom. The molecule has 14 nitrogen and oxygen atoms in total. The number of quaternary nitrogens is 1. The topological polar surface area (TPSA) is 194 Å². The first kappa shape index (κ1) is 33.0. The number of fused-ring (bicyclic) bond motifs is 1. The molecule has 5 N–H and O–H groups in total. The van der Waals surface area contributed by atoms with Gasteiger partial charge in [-0.2, -0.15) is 4.79 Å². The summed E-state index contributed by atoms with van der Waals surface area (Å²) >= 11 is 6.12. The van der Waals surface area contributed by atoms with E-state index in [0.717, 1.165) is 6.07 Å². The number of ether oxygens (including phenoxy) is 2. The van der Waals surface area contributed by atoms with Crippen LogP contribution in [0.2, 0.25) is 5.02 Å². The van der Waals surface area contributed by atoms with Crippen LogP contribution >= 0.6 is 11.6 Å². The average molecular weight is 653 g/mol. The predicted molar refractivity (Wildman–Crippen MR) is 159 cm³/mol. The number of primary sulfonamides is 1. The molecule has 1 unspecified atom stereocenters. The Balaban J connectivity index is 1.51. The van der Waals surface area contributed by atoms with E-state index in [1.54, 1.807) is 45.0 Å². The Hall–Kier alpha value is -3.92. The van der Waals surface area contributed by atoms with E-state index in [-0.39, 0.29) is 54.6 Å². The maximum Gasteiger partial charge on any atom is 0.523 e. The van der Waals surface area contributed by atoms with Crippen molar-refractivity contribution in [2.75, 3.05) is 31.6 Å². The number of benzene rings is 2. The Morgan fingerprint density at radius 1 is 1.18 bits per heavy atom. The van der Waals surface area contributed by atoms with Crippen LogP contribution in [-0.4, -0.2) is 85.3 Å². The zero-order valence-electron chi connectivity index (χ0n) is 24.4. The fraction of sp³-hybridized carbons (Fsp3) is 0.429. The van der Waals surface area contributed by atoms with Gasteiger partial charge in [-0.3, -0.25) is 14.5 Å². The van der Waals surface area contributed by atoms with Crippen molar-refractivity contribution in [2.45, 2.75) is 56.8 Å². The first-order valence-electron chi connectivity index (χ1n) is 14.0. The van der Waals surface area contributed by atoms with Gasteiger partial charge in [0.25, 0.3) is 5.91 Å². The van der Waals surface area contributed by atoms with Gasteiger partial charge in [0.05, 0.1) is 29.3 Å². The number of rotatable bonds is 9. The molecular formula is C28H35ClN5O9S+. The monoisotopic (exact) mass is 652 g/mol. The third kappa shape index (κ3) is 6.60. The molecule has 238 valence electrons. The van der Waals surface area contributed by atoms with E-state index in [9.17, 15) is 32.7 Å². The molecule has 4 atom stereocenters. The molecule has 0 spiro atoms. The van der Waals surface area contributed by atoms with Gasteiger partial charge in [-0.15, -0.1) is 4.48 Å². The quantitative estimate of drug-likeness (QED) is 0.231. The number of likely N-dealkylation sites (tertiary alicyclic amines) is 1. The fourth-order valence-electron chi connectivity index (χ4n) is 5.54. The number of hydrogen-bond donors (Lipinski definition) is 4. The summed E-state index contributed by atoms with van der Waals surface area (Å²) in [6.45, 7) is 5.38. The third-order valence-electron chi connectivity index (χ3n) is 7.77. The maximum atomic E-state index is 13.6. The largest absolute Gasteiger partial charge is 0.523 e. The summed E-state index contributed by atoms with van der Waals surface area (Å²) in [5, 5.41) is 21.2. The van der Waals surface area contributed by atoms with Crippen molar-refractivity contribution in [1.82, 2.24) is 10.2 Å². The van der Waals surface area contributed by atoms with Crippen LogP contribution in [0.15, 0.2) is 41.3 Å². The Bertz CT molecular complexity index is 1590. The van der Waals surface area contributed by atoms with Crippen LogP contribution in [0, 0.1) is 0 Å². The molecule has 1 fully saturated rings. The van der Waals surface area contributed by atoms with Crippen molar-refractivity contribution >= 4 is 51.3 Å². The van der Waals surface area contributed by atoms with Crippen molar-refractivity contribution in [3.8, 4) is 5.75 Å². The van der Waals surface area contributed by atoms with Crippen molar-refractivity contribution in [1.29, 1.82) is 0 Å². The molecule has 16 heteroatoms. The van der Waals surface area contributed by atoms with E-state index in [2.05, 4.69) is 10.6 Å². The Kier molecular flexibility index (Phi) is 9.73. The third-order valence-corrected chi connectivity index (χ3v) is 9.14.